The largest absolute Gasteiger partial charge is 0.492 e. The summed E-state index contributed by atoms with van der Waals surface area (Å²) in [6.45, 7) is 0.309. The third kappa shape index (κ3) is 7.58. The molecule has 148 valence electrons. The zero-order valence-electron chi connectivity index (χ0n) is 15.0. The number of aliphatic carboxylic acids is 1. The average molecular weight is 423 g/mol. The molecule has 0 saturated carbocycles. The van der Waals surface area contributed by atoms with Crippen LogP contribution in [0.25, 0.3) is 0 Å². The lowest BCUT2D eigenvalue weighted by Gasteiger charge is -2.08. The molecule has 0 spiro atoms. The number of carboxylic acid groups (broad SMARTS) is 1. The molecule has 0 heterocycles. The normalized spacial score (nSPS) is 11.1. The van der Waals surface area contributed by atoms with Crippen molar-refractivity contribution < 1.29 is 19.4 Å². The standard InChI is InChI=1S/C20H20Cl2N2O4/c21-15-8-10-18(16(22)13-15)28-12-4-7-19(25)24-23-17(9-11-20(26)27)14-5-2-1-3-6-14/h1-3,5-6,8,10,13H,4,7,9,11-12H2,(H,24,25)(H,26,27)/b23-17-. The topological polar surface area (TPSA) is 88.0 Å². The molecule has 0 saturated heterocycles. The SMILES string of the molecule is O=C(O)CC/C(=N/NC(=O)CCCOc1ccc(Cl)cc1Cl)c1ccccc1. The lowest BCUT2D eigenvalue weighted by molar-refractivity contribution is -0.136. The molecule has 0 unspecified atom stereocenters. The summed E-state index contributed by atoms with van der Waals surface area (Å²) >= 11 is 11.8. The molecule has 0 aromatic heterocycles. The average Bonchev–Trinajstić information content (AvgIpc) is 2.67. The maximum absolute atomic E-state index is 12.0. The van der Waals surface area contributed by atoms with E-state index in [0.29, 0.717) is 34.5 Å². The maximum atomic E-state index is 12.0. The van der Waals surface area contributed by atoms with Crippen LogP contribution in [0.1, 0.15) is 31.2 Å². The van der Waals surface area contributed by atoms with Gasteiger partial charge < -0.3 is 9.84 Å². The van der Waals surface area contributed by atoms with Gasteiger partial charge in [-0.1, -0.05) is 53.5 Å². The van der Waals surface area contributed by atoms with Crippen molar-refractivity contribution in [3.63, 3.8) is 0 Å². The van der Waals surface area contributed by atoms with E-state index in [4.69, 9.17) is 33.0 Å². The molecule has 28 heavy (non-hydrogen) atoms. The molecule has 6 nitrogen and oxygen atoms in total. The third-order valence-electron chi connectivity index (χ3n) is 3.70. The zero-order chi connectivity index (χ0) is 20.4. The van der Waals surface area contributed by atoms with Gasteiger partial charge in [-0.3, -0.25) is 9.59 Å². The van der Waals surface area contributed by atoms with Crippen molar-refractivity contribution in [2.75, 3.05) is 6.61 Å². The number of hydrazone groups is 1. The summed E-state index contributed by atoms with van der Waals surface area (Å²) < 4.78 is 5.53. The smallest absolute Gasteiger partial charge is 0.303 e. The summed E-state index contributed by atoms with van der Waals surface area (Å²) in [7, 11) is 0. The number of nitrogens with one attached hydrogen (secondary N) is 1. The van der Waals surface area contributed by atoms with E-state index < -0.39 is 5.97 Å². The Morgan fingerprint density at radius 1 is 1.04 bits per heavy atom. The summed E-state index contributed by atoms with van der Waals surface area (Å²) in [6, 6.07) is 14.1. The number of carbonyl (C=O) groups is 2. The summed E-state index contributed by atoms with van der Waals surface area (Å²) in [6.07, 6.45) is 0.822. The van der Waals surface area contributed by atoms with Crippen molar-refractivity contribution in [3.05, 3.63) is 64.1 Å². The Bertz CT molecular complexity index is 841. The molecule has 2 aromatic carbocycles. The number of benzene rings is 2. The second-order valence-electron chi connectivity index (χ2n) is 5.88. The number of hydrogen-bond donors (Lipinski definition) is 2. The van der Waals surface area contributed by atoms with Gasteiger partial charge in [0.05, 0.1) is 23.8 Å². The van der Waals surface area contributed by atoms with Crippen molar-refractivity contribution in [3.8, 4) is 5.75 Å². The molecule has 0 fully saturated rings. The van der Waals surface area contributed by atoms with Crippen molar-refractivity contribution >= 4 is 40.8 Å². The summed E-state index contributed by atoms with van der Waals surface area (Å²) in [5, 5.41) is 13.9. The van der Waals surface area contributed by atoms with Gasteiger partial charge in [0.25, 0.3) is 0 Å². The molecule has 0 aliphatic rings. The first-order valence-corrected chi connectivity index (χ1v) is 9.42. The molecular weight excluding hydrogens is 403 g/mol. The van der Waals surface area contributed by atoms with Crippen LogP contribution in [0.2, 0.25) is 10.0 Å². The number of halogens is 2. The number of hydrogen-bond acceptors (Lipinski definition) is 4. The van der Waals surface area contributed by atoms with Crippen molar-refractivity contribution in [1.29, 1.82) is 0 Å². The van der Waals surface area contributed by atoms with E-state index in [1.165, 1.54) is 0 Å². The first-order valence-electron chi connectivity index (χ1n) is 8.66. The van der Waals surface area contributed by atoms with Crippen LogP contribution in [0.4, 0.5) is 0 Å². The first-order chi connectivity index (χ1) is 13.5. The Balaban J connectivity index is 1.83. The molecule has 8 heteroatoms. The van der Waals surface area contributed by atoms with Crippen molar-refractivity contribution in [2.45, 2.75) is 25.7 Å². The van der Waals surface area contributed by atoms with Crippen molar-refractivity contribution in [2.24, 2.45) is 5.10 Å². The minimum atomic E-state index is -0.923. The number of ether oxygens (including phenoxy) is 1. The molecule has 1 amide bonds. The highest BCUT2D eigenvalue weighted by Gasteiger charge is 2.08. The second kappa shape index (κ2) is 11.3. The predicted molar refractivity (Wildman–Crippen MR) is 109 cm³/mol. The molecule has 0 bridgehead atoms. The van der Waals surface area contributed by atoms with Gasteiger partial charge in [0.2, 0.25) is 5.91 Å². The molecule has 0 aliphatic heterocycles. The Kier molecular flexibility index (Phi) is 8.78. The second-order valence-corrected chi connectivity index (χ2v) is 6.72. The van der Waals surface area contributed by atoms with E-state index in [9.17, 15) is 9.59 Å². The lowest BCUT2D eigenvalue weighted by atomic mass is 10.1. The Morgan fingerprint density at radius 3 is 2.46 bits per heavy atom. The van der Waals surface area contributed by atoms with Gasteiger partial charge in [0.1, 0.15) is 5.75 Å². The maximum Gasteiger partial charge on any atom is 0.303 e. The third-order valence-corrected chi connectivity index (χ3v) is 4.23. The zero-order valence-corrected chi connectivity index (χ0v) is 16.5. The van der Waals surface area contributed by atoms with Gasteiger partial charge in [0.15, 0.2) is 0 Å². The van der Waals surface area contributed by atoms with E-state index in [-0.39, 0.29) is 25.2 Å². The Labute approximate surface area is 173 Å². The number of amides is 1. The van der Waals surface area contributed by atoms with E-state index in [2.05, 4.69) is 10.5 Å². The molecule has 2 N–H and O–H groups in total. The Morgan fingerprint density at radius 2 is 1.79 bits per heavy atom. The molecule has 0 atom stereocenters. The Hall–Kier alpha value is -2.57. The number of carbonyl (C=O) groups excluding carboxylic acids is 1. The van der Waals surface area contributed by atoms with E-state index in [0.717, 1.165) is 5.56 Å². The molecule has 2 aromatic rings. The van der Waals surface area contributed by atoms with Crippen LogP contribution in [-0.2, 0) is 9.59 Å². The van der Waals surface area contributed by atoms with Gasteiger partial charge in [-0.25, -0.2) is 5.43 Å². The summed E-state index contributed by atoms with van der Waals surface area (Å²) in [5.41, 5.74) is 3.76. The monoisotopic (exact) mass is 422 g/mol. The van der Waals surface area contributed by atoms with E-state index in [1.54, 1.807) is 18.2 Å². The van der Waals surface area contributed by atoms with Gasteiger partial charge in [-0.05, 0) is 30.2 Å². The first kappa shape index (κ1) is 21.7. The fraction of sp³-hybridized carbons (Fsp3) is 0.250. The summed E-state index contributed by atoms with van der Waals surface area (Å²) in [5.74, 6) is -0.702. The summed E-state index contributed by atoms with van der Waals surface area (Å²) in [4.78, 5) is 22.8. The highest BCUT2D eigenvalue weighted by atomic mass is 35.5. The number of rotatable bonds is 10. The fourth-order valence-corrected chi connectivity index (χ4v) is 2.78. The highest BCUT2D eigenvalue weighted by Crippen LogP contribution is 2.27. The van der Waals surface area contributed by atoms with Crippen molar-refractivity contribution in [1.82, 2.24) is 5.43 Å². The van der Waals surface area contributed by atoms with Crippen LogP contribution in [0.3, 0.4) is 0 Å². The van der Waals surface area contributed by atoms with Gasteiger partial charge in [-0.15, -0.1) is 0 Å². The van der Waals surface area contributed by atoms with Crippen LogP contribution in [0.5, 0.6) is 5.75 Å². The molecule has 0 aliphatic carbocycles. The minimum Gasteiger partial charge on any atom is -0.492 e. The fourth-order valence-electron chi connectivity index (χ4n) is 2.31. The van der Waals surface area contributed by atoms with E-state index >= 15 is 0 Å². The molecule has 2 rings (SSSR count). The number of nitrogens with zero attached hydrogens (tertiary/aromatic N) is 1. The predicted octanol–water partition coefficient (Wildman–Crippen LogP) is 4.54. The van der Waals surface area contributed by atoms with Gasteiger partial charge in [-0.2, -0.15) is 5.10 Å². The quantitative estimate of drug-likeness (QED) is 0.334. The van der Waals surface area contributed by atoms with Crippen LogP contribution < -0.4 is 10.2 Å². The lowest BCUT2D eigenvalue weighted by Crippen LogP contribution is -2.21. The van der Waals surface area contributed by atoms with Gasteiger partial charge in [0, 0.05) is 17.9 Å². The number of carboxylic acids is 1. The minimum absolute atomic E-state index is 0.0701. The molecule has 0 radical (unpaired) electrons. The highest BCUT2D eigenvalue weighted by molar-refractivity contribution is 6.35. The van der Waals surface area contributed by atoms with Crippen LogP contribution in [0, 0.1) is 0 Å². The van der Waals surface area contributed by atoms with Crippen LogP contribution in [0.15, 0.2) is 53.6 Å². The van der Waals surface area contributed by atoms with E-state index in [1.807, 2.05) is 30.3 Å². The van der Waals surface area contributed by atoms with Crippen LogP contribution in [-0.4, -0.2) is 29.3 Å². The molecular formula is C20H20Cl2N2O4. The van der Waals surface area contributed by atoms with Crippen LogP contribution >= 0.6 is 23.2 Å². The van der Waals surface area contributed by atoms with Gasteiger partial charge >= 0.3 is 5.97 Å².